The van der Waals surface area contributed by atoms with Gasteiger partial charge in [-0.1, -0.05) is 60.7 Å². The summed E-state index contributed by atoms with van der Waals surface area (Å²) in [6.07, 6.45) is 4.24. The van der Waals surface area contributed by atoms with Gasteiger partial charge in [0.25, 0.3) is 0 Å². The summed E-state index contributed by atoms with van der Waals surface area (Å²) in [7, 11) is 1.37. The van der Waals surface area contributed by atoms with Crippen molar-refractivity contribution in [3.8, 4) is 0 Å². The highest BCUT2D eigenvalue weighted by molar-refractivity contribution is 5.94. The molecule has 0 saturated carbocycles. The van der Waals surface area contributed by atoms with Crippen molar-refractivity contribution >= 4 is 28.4 Å². The normalized spacial score (nSPS) is 15.7. The zero-order chi connectivity index (χ0) is 24.2. The van der Waals surface area contributed by atoms with E-state index in [-0.39, 0.29) is 12.0 Å². The Balaban J connectivity index is 1.41. The molecule has 1 atom stereocenters. The topological polar surface area (TPSA) is 71.5 Å². The van der Waals surface area contributed by atoms with Gasteiger partial charge in [0.2, 0.25) is 0 Å². The van der Waals surface area contributed by atoms with Crippen LogP contribution >= 0.6 is 0 Å². The first kappa shape index (κ1) is 22.5. The minimum atomic E-state index is -0.390. The van der Waals surface area contributed by atoms with Crippen LogP contribution in [-0.4, -0.2) is 53.9 Å². The first-order chi connectivity index (χ1) is 17.2. The molecule has 2 aromatic carbocycles. The van der Waals surface area contributed by atoms with E-state index in [1.54, 1.807) is 12.3 Å². The van der Waals surface area contributed by atoms with E-state index >= 15 is 0 Å². The summed E-state index contributed by atoms with van der Waals surface area (Å²) < 4.78 is 4.77. The summed E-state index contributed by atoms with van der Waals surface area (Å²) in [6, 6.07) is 22.3. The Morgan fingerprint density at radius 3 is 2.51 bits per heavy atom. The number of nitrogens with zero attached hydrogens (tertiary/aromatic N) is 5. The van der Waals surface area contributed by atoms with E-state index in [2.05, 4.69) is 56.8 Å². The lowest BCUT2D eigenvalue weighted by Crippen LogP contribution is -2.53. The van der Waals surface area contributed by atoms with Crippen molar-refractivity contribution in [1.82, 2.24) is 15.2 Å². The number of carbonyl (C=O) groups excluding carboxylic acids is 1. The highest BCUT2D eigenvalue weighted by Crippen LogP contribution is 2.30. The molecule has 1 fully saturated rings. The number of fused-ring (bicyclic) bond motifs is 1. The fourth-order valence-corrected chi connectivity index (χ4v) is 4.57. The van der Waals surface area contributed by atoms with Gasteiger partial charge in [-0.05, 0) is 17.7 Å². The summed E-state index contributed by atoms with van der Waals surface area (Å²) in [4.78, 5) is 20.7. The van der Waals surface area contributed by atoms with Crippen LogP contribution in [0.15, 0.2) is 85.6 Å². The van der Waals surface area contributed by atoms with Gasteiger partial charge >= 0.3 is 5.97 Å². The van der Waals surface area contributed by atoms with Crippen molar-refractivity contribution in [3.05, 3.63) is 102 Å². The molecule has 1 aliphatic rings. The summed E-state index contributed by atoms with van der Waals surface area (Å²) in [6.45, 7) is 6.30. The third-order valence-corrected chi connectivity index (χ3v) is 6.41. The SMILES string of the molecule is C=C[C@H]1CN(c2ccc(C(=O)OC)cn2)CCN1c1nnc(Cc2ccccc2)c2ccccc12. The maximum Gasteiger partial charge on any atom is 0.339 e. The van der Waals surface area contributed by atoms with Crippen LogP contribution in [0.1, 0.15) is 21.6 Å². The molecule has 7 nitrogen and oxygen atoms in total. The van der Waals surface area contributed by atoms with Gasteiger partial charge in [-0.25, -0.2) is 9.78 Å². The first-order valence-electron chi connectivity index (χ1n) is 11.6. The van der Waals surface area contributed by atoms with Crippen LogP contribution in [0.5, 0.6) is 0 Å². The molecule has 1 aliphatic heterocycles. The molecule has 1 saturated heterocycles. The van der Waals surface area contributed by atoms with Gasteiger partial charge in [0.05, 0.1) is 24.4 Å². The third-order valence-electron chi connectivity index (χ3n) is 6.41. The van der Waals surface area contributed by atoms with Gasteiger partial charge in [-0.15, -0.1) is 11.7 Å². The van der Waals surface area contributed by atoms with E-state index in [4.69, 9.17) is 9.84 Å². The molecule has 176 valence electrons. The van der Waals surface area contributed by atoms with Gasteiger partial charge in [-0.2, -0.15) is 5.10 Å². The largest absolute Gasteiger partial charge is 0.465 e. The molecule has 35 heavy (non-hydrogen) atoms. The Kier molecular flexibility index (Phi) is 6.39. The number of hydrogen-bond donors (Lipinski definition) is 0. The Morgan fingerprint density at radius 1 is 1.03 bits per heavy atom. The smallest absolute Gasteiger partial charge is 0.339 e. The molecule has 0 amide bonds. The van der Waals surface area contributed by atoms with Crippen LogP contribution in [0, 0.1) is 0 Å². The second-order valence-corrected chi connectivity index (χ2v) is 8.52. The number of anilines is 2. The number of methoxy groups -OCH3 is 1. The minimum absolute atomic E-state index is 0.0310. The third kappa shape index (κ3) is 4.57. The van der Waals surface area contributed by atoms with Crippen LogP contribution in [0.25, 0.3) is 10.8 Å². The van der Waals surface area contributed by atoms with Crippen LogP contribution in [0.3, 0.4) is 0 Å². The average Bonchev–Trinajstić information content (AvgIpc) is 2.93. The molecule has 4 aromatic rings. The average molecular weight is 466 g/mol. The minimum Gasteiger partial charge on any atom is -0.465 e. The molecule has 0 N–H and O–H groups in total. The predicted molar refractivity (Wildman–Crippen MR) is 138 cm³/mol. The van der Waals surface area contributed by atoms with Crippen LogP contribution in [0.2, 0.25) is 0 Å². The lowest BCUT2D eigenvalue weighted by Gasteiger charge is -2.41. The number of hydrogen-bond acceptors (Lipinski definition) is 7. The number of rotatable bonds is 6. The Morgan fingerprint density at radius 2 is 1.80 bits per heavy atom. The summed E-state index contributed by atoms with van der Waals surface area (Å²) in [5.74, 6) is 1.30. The Hall–Kier alpha value is -4.26. The second-order valence-electron chi connectivity index (χ2n) is 8.52. The van der Waals surface area contributed by atoms with E-state index in [1.165, 1.54) is 12.7 Å². The molecule has 0 radical (unpaired) electrons. The molecule has 2 aromatic heterocycles. The Labute approximate surface area is 204 Å². The maximum atomic E-state index is 11.7. The lowest BCUT2D eigenvalue weighted by molar-refractivity contribution is 0.0600. The van der Waals surface area contributed by atoms with E-state index in [1.807, 2.05) is 36.4 Å². The fraction of sp³-hybridized carbons (Fsp3) is 0.214. The maximum absolute atomic E-state index is 11.7. The van der Waals surface area contributed by atoms with Crippen molar-refractivity contribution in [1.29, 1.82) is 0 Å². The molecule has 0 aliphatic carbocycles. The van der Waals surface area contributed by atoms with Gasteiger partial charge in [0.1, 0.15) is 5.82 Å². The van der Waals surface area contributed by atoms with Crippen molar-refractivity contribution in [3.63, 3.8) is 0 Å². The monoisotopic (exact) mass is 465 g/mol. The molecule has 0 bridgehead atoms. The predicted octanol–water partition coefficient (Wildman–Crippen LogP) is 4.28. The molecular formula is C28H27N5O2. The van der Waals surface area contributed by atoms with Crippen LogP contribution in [0.4, 0.5) is 11.6 Å². The highest BCUT2D eigenvalue weighted by Gasteiger charge is 2.28. The van der Waals surface area contributed by atoms with E-state index in [9.17, 15) is 4.79 Å². The van der Waals surface area contributed by atoms with Gasteiger partial charge < -0.3 is 14.5 Å². The number of carbonyl (C=O) groups is 1. The van der Waals surface area contributed by atoms with Gasteiger partial charge in [0.15, 0.2) is 5.82 Å². The van der Waals surface area contributed by atoms with E-state index in [0.717, 1.165) is 47.6 Å². The van der Waals surface area contributed by atoms with Crippen molar-refractivity contribution in [2.75, 3.05) is 36.5 Å². The summed E-state index contributed by atoms with van der Waals surface area (Å²) >= 11 is 0. The first-order valence-corrected chi connectivity index (χ1v) is 11.6. The number of benzene rings is 2. The molecule has 7 heteroatoms. The number of ether oxygens (including phenoxy) is 1. The standard InChI is InChI=1S/C28H27N5O2/c1-3-22-19-32(26-14-13-21(18-29-26)28(34)35-2)15-16-33(22)27-24-12-8-7-11-23(24)25(30-31-27)17-20-9-5-4-6-10-20/h3-14,18,22H,1,15-17,19H2,2H3/t22-/m0/s1. The number of piperazine rings is 1. The van der Waals surface area contributed by atoms with Crippen LogP contribution in [-0.2, 0) is 11.2 Å². The zero-order valence-electron chi connectivity index (χ0n) is 19.7. The molecule has 3 heterocycles. The second kappa shape index (κ2) is 9.93. The fourth-order valence-electron chi connectivity index (χ4n) is 4.57. The number of aromatic nitrogens is 3. The number of pyridine rings is 1. The zero-order valence-corrected chi connectivity index (χ0v) is 19.7. The lowest BCUT2D eigenvalue weighted by atomic mass is 10.0. The summed E-state index contributed by atoms with van der Waals surface area (Å²) in [5.41, 5.74) is 2.62. The highest BCUT2D eigenvalue weighted by atomic mass is 16.5. The quantitative estimate of drug-likeness (QED) is 0.311. The van der Waals surface area contributed by atoms with Gasteiger partial charge in [0, 0.05) is 43.0 Å². The summed E-state index contributed by atoms with van der Waals surface area (Å²) in [5, 5.41) is 11.6. The molecular weight excluding hydrogens is 438 g/mol. The van der Waals surface area contributed by atoms with E-state index < -0.39 is 0 Å². The van der Waals surface area contributed by atoms with Gasteiger partial charge in [-0.3, -0.25) is 0 Å². The molecule has 0 unspecified atom stereocenters. The van der Waals surface area contributed by atoms with Crippen molar-refractivity contribution < 1.29 is 9.53 Å². The van der Waals surface area contributed by atoms with Crippen molar-refractivity contribution in [2.45, 2.75) is 12.5 Å². The molecule has 5 rings (SSSR count). The Bertz CT molecular complexity index is 1340. The number of esters is 1. The molecule has 0 spiro atoms. The van der Waals surface area contributed by atoms with Crippen molar-refractivity contribution in [2.24, 2.45) is 0 Å². The van der Waals surface area contributed by atoms with E-state index in [0.29, 0.717) is 12.1 Å². The van der Waals surface area contributed by atoms with Crippen LogP contribution < -0.4 is 9.80 Å².